The summed E-state index contributed by atoms with van der Waals surface area (Å²) < 4.78 is 6.36. The molecule has 1 atom stereocenters. The predicted octanol–water partition coefficient (Wildman–Crippen LogP) is 4.96. The summed E-state index contributed by atoms with van der Waals surface area (Å²) in [4.78, 5) is 4.21. The van der Waals surface area contributed by atoms with E-state index in [2.05, 4.69) is 20.9 Å². The lowest BCUT2D eigenvalue weighted by Crippen LogP contribution is -2.06. The van der Waals surface area contributed by atoms with Crippen LogP contribution in [0.25, 0.3) is 0 Å². The second kappa shape index (κ2) is 6.09. The minimum Gasteiger partial charge on any atom is -0.454 e. The van der Waals surface area contributed by atoms with Crippen LogP contribution in [-0.2, 0) is 0 Å². The van der Waals surface area contributed by atoms with Crippen LogP contribution in [0.4, 0.5) is 0 Å². The first-order chi connectivity index (χ1) is 8.97. The SMILES string of the molecule is C[C@@H](N)c1ccc(Oc2cc(Cl)c(Br)cc2Cl)cn1. The Bertz CT molecular complexity index is 588. The molecule has 0 aliphatic heterocycles. The minimum atomic E-state index is -0.111. The third-order valence-electron chi connectivity index (χ3n) is 2.43. The van der Waals surface area contributed by atoms with Crippen LogP contribution in [0.15, 0.2) is 34.9 Å². The van der Waals surface area contributed by atoms with Crippen LogP contribution >= 0.6 is 39.1 Å². The number of pyridine rings is 1. The smallest absolute Gasteiger partial charge is 0.147 e. The molecule has 0 bridgehead atoms. The van der Waals surface area contributed by atoms with Crippen molar-refractivity contribution in [1.29, 1.82) is 0 Å². The number of ether oxygens (including phenoxy) is 1. The number of benzene rings is 1. The molecular formula is C13H11BrCl2N2O. The second-order valence-electron chi connectivity index (χ2n) is 4.01. The molecule has 0 amide bonds. The number of nitrogens with zero attached hydrogens (tertiary/aromatic N) is 1. The maximum atomic E-state index is 6.08. The van der Waals surface area contributed by atoms with Gasteiger partial charge < -0.3 is 10.5 Å². The van der Waals surface area contributed by atoms with E-state index in [1.165, 1.54) is 0 Å². The zero-order valence-electron chi connectivity index (χ0n) is 10.0. The Morgan fingerprint density at radius 3 is 2.58 bits per heavy atom. The first-order valence-corrected chi connectivity index (χ1v) is 7.06. The van der Waals surface area contributed by atoms with E-state index in [9.17, 15) is 0 Å². The van der Waals surface area contributed by atoms with E-state index in [-0.39, 0.29) is 6.04 Å². The third-order valence-corrected chi connectivity index (χ3v) is 3.92. The number of hydrogen-bond acceptors (Lipinski definition) is 3. The summed E-state index contributed by atoms with van der Waals surface area (Å²) in [5, 5.41) is 0.993. The van der Waals surface area contributed by atoms with Crippen molar-refractivity contribution in [3.8, 4) is 11.5 Å². The van der Waals surface area contributed by atoms with Gasteiger partial charge >= 0.3 is 0 Å². The molecule has 1 aromatic heterocycles. The molecule has 2 rings (SSSR count). The maximum absolute atomic E-state index is 6.08. The van der Waals surface area contributed by atoms with Crippen LogP contribution < -0.4 is 10.5 Å². The Labute approximate surface area is 129 Å². The van der Waals surface area contributed by atoms with Crippen LogP contribution in [0.1, 0.15) is 18.7 Å². The predicted molar refractivity (Wildman–Crippen MR) is 81.1 cm³/mol. The van der Waals surface area contributed by atoms with E-state index in [4.69, 9.17) is 33.7 Å². The number of rotatable bonds is 3. The van der Waals surface area contributed by atoms with Gasteiger partial charge in [0.25, 0.3) is 0 Å². The van der Waals surface area contributed by atoms with Crippen LogP contribution in [0.2, 0.25) is 10.0 Å². The fourth-order valence-corrected chi connectivity index (χ4v) is 2.26. The molecule has 2 aromatic rings. The zero-order valence-corrected chi connectivity index (χ0v) is 13.1. The monoisotopic (exact) mass is 360 g/mol. The summed E-state index contributed by atoms with van der Waals surface area (Å²) in [6.45, 7) is 1.87. The van der Waals surface area contributed by atoms with E-state index in [0.29, 0.717) is 21.5 Å². The van der Waals surface area contributed by atoms with E-state index in [0.717, 1.165) is 10.2 Å². The van der Waals surface area contributed by atoms with Gasteiger partial charge in [0.2, 0.25) is 0 Å². The Morgan fingerprint density at radius 2 is 2.00 bits per heavy atom. The van der Waals surface area contributed by atoms with E-state index in [1.54, 1.807) is 24.4 Å². The summed E-state index contributed by atoms with van der Waals surface area (Å²) >= 11 is 15.4. The molecule has 19 heavy (non-hydrogen) atoms. The van der Waals surface area contributed by atoms with Crippen molar-refractivity contribution in [3.05, 3.63) is 50.7 Å². The molecule has 6 heteroatoms. The number of nitrogens with two attached hydrogens (primary N) is 1. The van der Waals surface area contributed by atoms with Gasteiger partial charge in [-0.25, -0.2) is 0 Å². The summed E-state index contributed by atoms with van der Waals surface area (Å²) in [6.07, 6.45) is 1.60. The van der Waals surface area contributed by atoms with Crippen LogP contribution in [0.5, 0.6) is 11.5 Å². The Kier molecular flexibility index (Phi) is 4.68. The first kappa shape index (κ1) is 14.6. The molecule has 0 radical (unpaired) electrons. The number of halogens is 3. The van der Waals surface area contributed by atoms with Crippen molar-refractivity contribution in [2.75, 3.05) is 0 Å². The Hall–Kier alpha value is -0.810. The molecular weight excluding hydrogens is 351 g/mol. The van der Waals surface area contributed by atoms with Gasteiger partial charge in [0.15, 0.2) is 0 Å². The van der Waals surface area contributed by atoms with E-state index < -0.39 is 0 Å². The standard InChI is InChI=1S/C13H11BrCl2N2O/c1-7(17)12-3-2-8(6-18-12)19-13-5-10(15)9(14)4-11(13)16/h2-7H,17H2,1H3/t7-/m1/s1. The van der Waals surface area contributed by atoms with Gasteiger partial charge in [-0.3, -0.25) is 4.98 Å². The Balaban J connectivity index is 2.24. The molecule has 100 valence electrons. The van der Waals surface area contributed by atoms with Gasteiger partial charge in [-0.1, -0.05) is 23.2 Å². The summed E-state index contributed by atoms with van der Waals surface area (Å²) in [6, 6.07) is 6.82. The molecule has 2 N–H and O–H groups in total. The lowest BCUT2D eigenvalue weighted by Gasteiger charge is -2.10. The first-order valence-electron chi connectivity index (χ1n) is 5.51. The van der Waals surface area contributed by atoms with Crippen molar-refractivity contribution in [2.24, 2.45) is 5.73 Å². The van der Waals surface area contributed by atoms with Crippen molar-refractivity contribution < 1.29 is 4.74 Å². The van der Waals surface area contributed by atoms with Crippen LogP contribution in [0.3, 0.4) is 0 Å². The molecule has 0 aliphatic carbocycles. The number of aromatic nitrogens is 1. The molecule has 0 saturated heterocycles. The second-order valence-corrected chi connectivity index (χ2v) is 5.67. The largest absolute Gasteiger partial charge is 0.454 e. The molecule has 1 heterocycles. The Morgan fingerprint density at radius 1 is 1.26 bits per heavy atom. The molecule has 0 spiro atoms. The van der Waals surface area contributed by atoms with Gasteiger partial charge in [0.1, 0.15) is 11.5 Å². The fraction of sp³-hybridized carbons (Fsp3) is 0.154. The average molecular weight is 362 g/mol. The van der Waals surface area contributed by atoms with E-state index in [1.807, 2.05) is 13.0 Å². The van der Waals surface area contributed by atoms with Gasteiger partial charge in [-0.05, 0) is 41.1 Å². The van der Waals surface area contributed by atoms with Crippen molar-refractivity contribution in [1.82, 2.24) is 4.98 Å². The van der Waals surface area contributed by atoms with Crippen molar-refractivity contribution in [2.45, 2.75) is 13.0 Å². The highest BCUT2D eigenvalue weighted by molar-refractivity contribution is 9.10. The molecule has 0 unspecified atom stereocenters. The third kappa shape index (κ3) is 3.60. The molecule has 0 saturated carbocycles. The van der Waals surface area contributed by atoms with Gasteiger partial charge in [0, 0.05) is 16.6 Å². The minimum absolute atomic E-state index is 0.111. The van der Waals surface area contributed by atoms with E-state index >= 15 is 0 Å². The lowest BCUT2D eigenvalue weighted by molar-refractivity contribution is 0.479. The quantitative estimate of drug-likeness (QED) is 0.785. The number of hydrogen-bond donors (Lipinski definition) is 1. The highest BCUT2D eigenvalue weighted by Gasteiger charge is 2.08. The molecule has 0 aliphatic rings. The topological polar surface area (TPSA) is 48.1 Å². The summed E-state index contributed by atoms with van der Waals surface area (Å²) in [5.74, 6) is 1.05. The lowest BCUT2D eigenvalue weighted by atomic mass is 10.2. The zero-order chi connectivity index (χ0) is 14.0. The average Bonchev–Trinajstić information content (AvgIpc) is 2.36. The molecule has 1 aromatic carbocycles. The molecule has 0 fully saturated rings. The normalized spacial score (nSPS) is 12.3. The van der Waals surface area contributed by atoms with Gasteiger partial charge in [-0.2, -0.15) is 0 Å². The maximum Gasteiger partial charge on any atom is 0.147 e. The summed E-state index contributed by atoms with van der Waals surface area (Å²) in [7, 11) is 0. The fourth-order valence-electron chi connectivity index (χ4n) is 1.43. The van der Waals surface area contributed by atoms with Crippen molar-refractivity contribution in [3.63, 3.8) is 0 Å². The molecule has 3 nitrogen and oxygen atoms in total. The highest BCUT2D eigenvalue weighted by Crippen LogP contribution is 2.36. The van der Waals surface area contributed by atoms with Crippen LogP contribution in [0, 0.1) is 0 Å². The van der Waals surface area contributed by atoms with Crippen LogP contribution in [-0.4, -0.2) is 4.98 Å². The van der Waals surface area contributed by atoms with Gasteiger partial charge in [-0.15, -0.1) is 0 Å². The highest BCUT2D eigenvalue weighted by atomic mass is 79.9. The van der Waals surface area contributed by atoms with Gasteiger partial charge in [0.05, 0.1) is 21.9 Å². The van der Waals surface area contributed by atoms with Crippen molar-refractivity contribution >= 4 is 39.1 Å². The summed E-state index contributed by atoms with van der Waals surface area (Å²) in [5.41, 5.74) is 6.53.